The number of carbonyl (C=O) groups is 1. The summed E-state index contributed by atoms with van der Waals surface area (Å²) in [6.45, 7) is 0.326. The van der Waals surface area contributed by atoms with Gasteiger partial charge < -0.3 is 9.84 Å². The van der Waals surface area contributed by atoms with Crippen molar-refractivity contribution in [2.45, 2.75) is 43.9 Å². The number of nitrogens with zero attached hydrogens (tertiary/aromatic N) is 1. The van der Waals surface area contributed by atoms with Gasteiger partial charge in [-0.05, 0) is 31.2 Å². The second kappa shape index (κ2) is 4.85. The Kier molecular flexibility index (Phi) is 3.19. The topological polar surface area (TPSA) is 49.8 Å². The predicted octanol–water partition coefficient (Wildman–Crippen LogP) is 2.31. The van der Waals surface area contributed by atoms with Gasteiger partial charge in [-0.2, -0.15) is 0 Å². The Balaban J connectivity index is 1.63. The quantitative estimate of drug-likeness (QED) is 0.908. The van der Waals surface area contributed by atoms with Crippen LogP contribution in [-0.4, -0.2) is 34.3 Å². The molecule has 1 saturated heterocycles. The fraction of sp³-hybridized carbons (Fsp3) is 0.533. The van der Waals surface area contributed by atoms with Crippen LogP contribution in [0.2, 0.25) is 0 Å². The van der Waals surface area contributed by atoms with Gasteiger partial charge in [-0.3, -0.25) is 4.90 Å². The molecule has 1 atom stereocenters. The summed E-state index contributed by atoms with van der Waals surface area (Å²) in [6.07, 6.45) is 3.70. The molecule has 0 bridgehead atoms. The van der Waals surface area contributed by atoms with Crippen molar-refractivity contribution in [1.82, 2.24) is 4.90 Å². The van der Waals surface area contributed by atoms with E-state index in [2.05, 4.69) is 0 Å². The van der Waals surface area contributed by atoms with Crippen molar-refractivity contribution >= 4 is 6.09 Å². The van der Waals surface area contributed by atoms with E-state index in [-0.39, 0.29) is 24.3 Å². The highest BCUT2D eigenvalue weighted by Crippen LogP contribution is 2.52. The molecule has 1 aliphatic carbocycles. The number of benzene rings is 1. The molecule has 3 rings (SSSR count). The van der Waals surface area contributed by atoms with E-state index in [1.54, 1.807) is 4.90 Å². The number of aliphatic hydroxyl groups excluding tert-OH is 1. The Bertz CT molecular complexity index is 456. The Morgan fingerprint density at radius 1 is 1.32 bits per heavy atom. The molecule has 1 unspecified atom stereocenters. The molecule has 1 amide bonds. The summed E-state index contributed by atoms with van der Waals surface area (Å²) < 4.78 is 5.40. The average Bonchev–Trinajstić information content (AvgIpc) is 3.11. The largest absolute Gasteiger partial charge is 0.445 e. The molecule has 2 aliphatic rings. The van der Waals surface area contributed by atoms with Gasteiger partial charge in [0, 0.05) is 5.54 Å². The molecular weight excluding hydrogens is 242 g/mol. The Morgan fingerprint density at radius 2 is 2.05 bits per heavy atom. The monoisotopic (exact) mass is 261 g/mol. The summed E-state index contributed by atoms with van der Waals surface area (Å²) in [5, 5.41) is 9.38. The number of carbonyl (C=O) groups excluding carboxylic acids is 1. The number of likely N-dealkylation sites (tertiary alicyclic amines) is 1. The molecule has 4 heteroatoms. The standard InChI is InChI=1S/C15H19NO3/c17-10-13-6-7-15(8-9-15)16(13)14(18)19-11-12-4-2-1-3-5-12/h1-5,13,17H,6-11H2. The van der Waals surface area contributed by atoms with Crippen LogP contribution in [-0.2, 0) is 11.3 Å². The van der Waals surface area contributed by atoms with Crippen molar-refractivity contribution < 1.29 is 14.6 Å². The Hall–Kier alpha value is -1.55. The highest BCUT2D eigenvalue weighted by Gasteiger charge is 2.57. The molecule has 1 N–H and O–H groups in total. The second-order valence-electron chi connectivity index (χ2n) is 5.51. The molecule has 102 valence electrons. The van der Waals surface area contributed by atoms with Crippen molar-refractivity contribution in [1.29, 1.82) is 0 Å². The van der Waals surface area contributed by atoms with E-state index in [9.17, 15) is 9.90 Å². The van der Waals surface area contributed by atoms with Crippen molar-refractivity contribution in [2.24, 2.45) is 0 Å². The first-order chi connectivity index (χ1) is 9.25. The third-order valence-electron chi connectivity index (χ3n) is 4.26. The van der Waals surface area contributed by atoms with Gasteiger partial charge in [0.2, 0.25) is 0 Å². The molecule has 19 heavy (non-hydrogen) atoms. The molecule has 1 aromatic rings. The lowest BCUT2D eigenvalue weighted by Crippen LogP contribution is -2.44. The SMILES string of the molecule is O=C(OCc1ccccc1)N1C(CO)CCC12CC2. The van der Waals surface area contributed by atoms with E-state index in [0.29, 0.717) is 6.61 Å². The molecule has 1 saturated carbocycles. The molecule has 0 aromatic heterocycles. The van der Waals surface area contributed by atoms with E-state index in [1.807, 2.05) is 30.3 Å². The molecule has 1 spiro atoms. The molecule has 2 fully saturated rings. The van der Waals surface area contributed by atoms with Gasteiger partial charge in [0.15, 0.2) is 0 Å². The lowest BCUT2D eigenvalue weighted by Gasteiger charge is -2.28. The minimum Gasteiger partial charge on any atom is -0.445 e. The maximum atomic E-state index is 12.2. The van der Waals surface area contributed by atoms with Crippen LogP contribution in [0.1, 0.15) is 31.2 Å². The van der Waals surface area contributed by atoms with Gasteiger partial charge in [0.05, 0.1) is 12.6 Å². The molecule has 4 nitrogen and oxygen atoms in total. The van der Waals surface area contributed by atoms with Crippen LogP contribution >= 0.6 is 0 Å². The third-order valence-corrected chi connectivity index (χ3v) is 4.26. The molecule has 1 heterocycles. The van der Waals surface area contributed by atoms with Crippen molar-refractivity contribution in [3.05, 3.63) is 35.9 Å². The number of hydrogen-bond donors (Lipinski definition) is 1. The zero-order valence-corrected chi connectivity index (χ0v) is 10.9. The molecule has 1 aliphatic heterocycles. The van der Waals surface area contributed by atoms with Crippen molar-refractivity contribution in [3.63, 3.8) is 0 Å². The maximum Gasteiger partial charge on any atom is 0.410 e. The van der Waals surface area contributed by atoms with Crippen LogP contribution in [0.15, 0.2) is 30.3 Å². The van der Waals surface area contributed by atoms with Crippen LogP contribution in [0.4, 0.5) is 4.79 Å². The predicted molar refractivity (Wildman–Crippen MR) is 70.5 cm³/mol. The molecular formula is C15H19NO3. The number of hydrogen-bond acceptors (Lipinski definition) is 3. The number of rotatable bonds is 3. The van der Waals surface area contributed by atoms with Gasteiger partial charge >= 0.3 is 6.09 Å². The van der Waals surface area contributed by atoms with Gasteiger partial charge in [0.25, 0.3) is 0 Å². The Labute approximate surface area is 113 Å². The summed E-state index contributed by atoms with van der Waals surface area (Å²) in [4.78, 5) is 14.0. The summed E-state index contributed by atoms with van der Waals surface area (Å²) in [7, 11) is 0. The van der Waals surface area contributed by atoms with E-state index >= 15 is 0 Å². The van der Waals surface area contributed by atoms with E-state index in [0.717, 1.165) is 31.2 Å². The highest BCUT2D eigenvalue weighted by molar-refractivity contribution is 5.70. The van der Waals surface area contributed by atoms with Gasteiger partial charge in [0.1, 0.15) is 6.61 Å². The van der Waals surface area contributed by atoms with Crippen LogP contribution in [0.5, 0.6) is 0 Å². The average molecular weight is 261 g/mol. The lowest BCUT2D eigenvalue weighted by atomic mass is 10.2. The van der Waals surface area contributed by atoms with Crippen LogP contribution < -0.4 is 0 Å². The summed E-state index contributed by atoms with van der Waals surface area (Å²) >= 11 is 0. The number of aliphatic hydroxyl groups is 1. The van der Waals surface area contributed by atoms with Crippen molar-refractivity contribution in [3.8, 4) is 0 Å². The Morgan fingerprint density at radius 3 is 2.68 bits per heavy atom. The fourth-order valence-corrected chi connectivity index (χ4v) is 3.01. The minimum atomic E-state index is -0.280. The second-order valence-corrected chi connectivity index (χ2v) is 5.51. The first-order valence-electron chi connectivity index (χ1n) is 6.86. The van der Waals surface area contributed by atoms with E-state index in [1.165, 1.54) is 0 Å². The van der Waals surface area contributed by atoms with E-state index < -0.39 is 0 Å². The molecule has 1 aromatic carbocycles. The molecule has 0 radical (unpaired) electrons. The van der Waals surface area contributed by atoms with Crippen LogP contribution in [0.3, 0.4) is 0 Å². The zero-order chi connectivity index (χ0) is 13.3. The van der Waals surface area contributed by atoms with E-state index in [4.69, 9.17) is 4.74 Å². The normalized spacial score (nSPS) is 23.6. The lowest BCUT2D eigenvalue weighted by molar-refractivity contribution is 0.0604. The summed E-state index contributed by atoms with van der Waals surface area (Å²) in [6, 6.07) is 9.61. The number of amides is 1. The van der Waals surface area contributed by atoms with Crippen LogP contribution in [0, 0.1) is 0 Å². The van der Waals surface area contributed by atoms with Gasteiger partial charge in [-0.1, -0.05) is 30.3 Å². The minimum absolute atomic E-state index is 0.00116. The van der Waals surface area contributed by atoms with Crippen LogP contribution in [0.25, 0.3) is 0 Å². The third kappa shape index (κ3) is 2.32. The summed E-state index contributed by atoms with van der Waals surface area (Å²) in [5.41, 5.74) is 0.988. The first kappa shape index (κ1) is 12.5. The zero-order valence-electron chi connectivity index (χ0n) is 10.9. The maximum absolute atomic E-state index is 12.2. The van der Waals surface area contributed by atoms with Crippen molar-refractivity contribution in [2.75, 3.05) is 6.61 Å². The number of ether oxygens (including phenoxy) is 1. The summed E-state index contributed by atoms with van der Waals surface area (Å²) in [5.74, 6) is 0. The van der Waals surface area contributed by atoms with Gasteiger partial charge in [-0.15, -0.1) is 0 Å². The first-order valence-corrected chi connectivity index (χ1v) is 6.86. The van der Waals surface area contributed by atoms with Gasteiger partial charge in [-0.25, -0.2) is 4.79 Å². The fourth-order valence-electron chi connectivity index (χ4n) is 3.01. The smallest absolute Gasteiger partial charge is 0.410 e. The highest BCUT2D eigenvalue weighted by atomic mass is 16.6.